The fourth-order valence-corrected chi connectivity index (χ4v) is 1.72. The van der Waals surface area contributed by atoms with Crippen LogP contribution in [0.4, 0.5) is 5.69 Å². The second kappa shape index (κ2) is 4.96. The molecule has 0 aliphatic heterocycles. The maximum Gasteiger partial charge on any atom is 0.258 e. The molecular formula is C14H15N3O. The maximum absolute atomic E-state index is 12.4. The molecule has 2 aromatic rings. The van der Waals surface area contributed by atoms with Crippen LogP contribution >= 0.6 is 0 Å². The van der Waals surface area contributed by atoms with Crippen LogP contribution in [0.5, 0.6) is 0 Å². The molecule has 0 atom stereocenters. The Morgan fingerprint density at radius 3 is 2.67 bits per heavy atom. The van der Waals surface area contributed by atoms with Crippen molar-refractivity contribution in [3.8, 4) is 0 Å². The first kappa shape index (κ1) is 12.2. The second-order valence-corrected chi connectivity index (χ2v) is 4.14. The van der Waals surface area contributed by atoms with Crippen molar-refractivity contribution in [2.45, 2.75) is 13.8 Å². The molecule has 1 amide bonds. The van der Waals surface area contributed by atoms with Crippen LogP contribution in [-0.4, -0.2) is 22.9 Å². The Balaban J connectivity index is 2.35. The highest BCUT2D eigenvalue weighted by atomic mass is 16.2. The van der Waals surface area contributed by atoms with E-state index in [0.717, 1.165) is 16.9 Å². The highest BCUT2D eigenvalue weighted by Crippen LogP contribution is 2.17. The molecule has 0 aliphatic carbocycles. The summed E-state index contributed by atoms with van der Waals surface area (Å²) in [6, 6.07) is 5.41. The van der Waals surface area contributed by atoms with Crippen LogP contribution in [0, 0.1) is 13.8 Å². The zero-order chi connectivity index (χ0) is 13.1. The van der Waals surface area contributed by atoms with Crippen LogP contribution in [0.3, 0.4) is 0 Å². The van der Waals surface area contributed by atoms with Gasteiger partial charge in [-0.05, 0) is 37.6 Å². The van der Waals surface area contributed by atoms with Gasteiger partial charge in [0.25, 0.3) is 5.91 Å². The van der Waals surface area contributed by atoms with E-state index in [-0.39, 0.29) is 5.91 Å². The van der Waals surface area contributed by atoms with Crippen molar-refractivity contribution in [3.63, 3.8) is 0 Å². The summed E-state index contributed by atoms with van der Waals surface area (Å²) in [7, 11) is 1.74. The number of anilines is 1. The molecule has 0 radical (unpaired) electrons. The summed E-state index contributed by atoms with van der Waals surface area (Å²) in [5.74, 6) is -0.0500. The van der Waals surface area contributed by atoms with E-state index in [1.165, 1.54) is 0 Å². The summed E-state index contributed by atoms with van der Waals surface area (Å²) in [6.45, 7) is 3.81. The van der Waals surface area contributed by atoms with E-state index < -0.39 is 0 Å². The van der Waals surface area contributed by atoms with E-state index in [2.05, 4.69) is 9.97 Å². The lowest BCUT2D eigenvalue weighted by atomic mass is 10.1. The number of aryl methyl sites for hydroxylation is 1. The van der Waals surface area contributed by atoms with Gasteiger partial charge < -0.3 is 4.90 Å². The molecule has 0 unspecified atom stereocenters. The van der Waals surface area contributed by atoms with Gasteiger partial charge >= 0.3 is 0 Å². The van der Waals surface area contributed by atoms with Gasteiger partial charge in [-0.2, -0.15) is 0 Å². The van der Waals surface area contributed by atoms with Crippen molar-refractivity contribution in [2.75, 3.05) is 11.9 Å². The van der Waals surface area contributed by atoms with Gasteiger partial charge in [-0.1, -0.05) is 0 Å². The number of pyridine rings is 2. The van der Waals surface area contributed by atoms with Gasteiger partial charge in [0.05, 0.1) is 11.9 Å². The third-order valence-electron chi connectivity index (χ3n) is 3.02. The molecule has 18 heavy (non-hydrogen) atoms. The first-order chi connectivity index (χ1) is 8.61. The zero-order valence-electron chi connectivity index (χ0n) is 10.7. The summed E-state index contributed by atoms with van der Waals surface area (Å²) < 4.78 is 0. The monoisotopic (exact) mass is 241 g/mol. The van der Waals surface area contributed by atoms with Crippen LogP contribution in [0.2, 0.25) is 0 Å². The van der Waals surface area contributed by atoms with E-state index in [0.29, 0.717) is 5.56 Å². The average Bonchev–Trinajstić information content (AvgIpc) is 2.41. The lowest BCUT2D eigenvalue weighted by molar-refractivity contribution is 0.0992. The van der Waals surface area contributed by atoms with Gasteiger partial charge in [-0.15, -0.1) is 0 Å². The van der Waals surface area contributed by atoms with Gasteiger partial charge in [0.2, 0.25) is 0 Å². The lowest BCUT2D eigenvalue weighted by Crippen LogP contribution is -2.27. The number of carbonyl (C=O) groups excluding carboxylic acids is 1. The van der Waals surface area contributed by atoms with Crippen molar-refractivity contribution < 1.29 is 4.79 Å². The third kappa shape index (κ3) is 2.22. The predicted molar refractivity (Wildman–Crippen MR) is 70.7 cm³/mol. The van der Waals surface area contributed by atoms with Crippen LogP contribution in [-0.2, 0) is 0 Å². The van der Waals surface area contributed by atoms with E-state index in [1.807, 2.05) is 26.0 Å². The molecule has 4 nitrogen and oxygen atoms in total. The second-order valence-electron chi connectivity index (χ2n) is 4.14. The molecule has 0 aliphatic rings. The molecule has 0 aromatic carbocycles. The quantitative estimate of drug-likeness (QED) is 0.811. The van der Waals surface area contributed by atoms with Gasteiger partial charge in [-0.25, -0.2) is 0 Å². The Labute approximate surface area is 106 Å². The first-order valence-electron chi connectivity index (χ1n) is 5.71. The van der Waals surface area contributed by atoms with Gasteiger partial charge in [0.1, 0.15) is 0 Å². The average molecular weight is 241 g/mol. The molecule has 0 fully saturated rings. The summed E-state index contributed by atoms with van der Waals surface area (Å²) in [5.41, 5.74) is 3.24. The summed E-state index contributed by atoms with van der Waals surface area (Å²) >= 11 is 0. The van der Waals surface area contributed by atoms with Crippen LogP contribution in [0.25, 0.3) is 0 Å². The first-order valence-corrected chi connectivity index (χ1v) is 5.71. The Morgan fingerprint density at radius 2 is 2.00 bits per heavy atom. The van der Waals surface area contributed by atoms with Gasteiger partial charge in [0, 0.05) is 30.7 Å². The van der Waals surface area contributed by atoms with Crippen molar-refractivity contribution >= 4 is 11.6 Å². The van der Waals surface area contributed by atoms with Crippen molar-refractivity contribution in [3.05, 3.63) is 53.6 Å². The van der Waals surface area contributed by atoms with E-state index in [1.54, 1.807) is 36.6 Å². The number of amides is 1. The van der Waals surface area contributed by atoms with Gasteiger partial charge in [0.15, 0.2) is 0 Å². The van der Waals surface area contributed by atoms with Crippen LogP contribution < -0.4 is 4.90 Å². The number of aromatic nitrogens is 2. The molecular weight excluding hydrogens is 226 g/mol. The van der Waals surface area contributed by atoms with E-state index >= 15 is 0 Å². The Bertz CT molecular complexity index is 567. The topological polar surface area (TPSA) is 46.1 Å². The number of rotatable bonds is 2. The molecule has 0 bridgehead atoms. The summed E-state index contributed by atoms with van der Waals surface area (Å²) in [6.07, 6.45) is 5.01. The highest BCUT2D eigenvalue weighted by Gasteiger charge is 2.16. The van der Waals surface area contributed by atoms with Crippen molar-refractivity contribution in [1.82, 2.24) is 9.97 Å². The fourth-order valence-electron chi connectivity index (χ4n) is 1.72. The maximum atomic E-state index is 12.4. The van der Waals surface area contributed by atoms with Crippen LogP contribution in [0.1, 0.15) is 21.6 Å². The number of hydrogen-bond donors (Lipinski definition) is 0. The smallest absolute Gasteiger partial charge is 0.258 e. The molecule has 2 aromatic heterocycles. The van der Waals surface area contributed by atoms with Crippen molar-refractivity contribution in [1.29, 1.82) is 0 Å². The zero-order valence-corrected chi connectivity index (χ0v) is 10.7. The summed E-state index contributed by atoms with van der Waals surface area (Å²) in [4.78, 5) is 22.2. The van der Waals surface area contributed by atoms with Crippen LogP contribution in [0.15, 0.2) is 36.8 Å². The normalized spacial score (nSPS) is 10.2. The molecule has 0 spiro atoms. The third-order valence-corrected chi connectivity index (χ3v) is 3.02. The number of hydrogen-bond acceptors (Lipinski definition) is 3. The molecule has 92 valence electrons. The Kier molecular flexibility index (Phi) is 3.37. The van der Waals surface area contributed by atoms with E-state index in [4.69, 9.17) is 0 Å². The standard InChI is InChI=1S/C14H15N3O/c1-10-11(2)16-8-6-13(10)14(18)17(3)12-5-4-7-15-9-12/h4-9H,1-3H3. The lowest BCUT2D eigenvalue weighted by Gasteiger charge is -2.18. The predicted octanol–water partition coefficient (Wildman–Crippen LogP) is 2.37. The minimum atomic E-state index is -0.0500. The van der Waals surface area contributed by atoms with Crippen molar-refractivity contribution in [2.24, 2.45) is 0 Å². The fraction of sp³-hybridized carbons (Fsp3) is 0.214. The Morgan fingerprint density at radius 1 is 1.22 bits per heavy atom. The largest absolute Gasteiger partial charge is 0.310 e. The molecule has 2 heterocycles. The van der Waals surface area contributed by atoms with E-state index in [9.17, 15) is 4.79 Å². The minimum Gasteiger partial charge on any atom is -0.310 e. The molecule has 0 N–H and O–H groups in total. The molecule has 4 heteroatoms. The highest BCUT2D eigenvalue weighted by molar-refractivity contribution is 6.06. The number of carbonyl (C=O) groups is 1. The number of nitrogens with zero attached hydrogens (tertiary/aromatic N) is 3. The summed E-state index contributed by atoms with van der Waals surface area (Å²) in [5, 5.41) is 0. The molecule has 0 saturated carbocycles. The molecule has 0 saturated heterocycles. The van der Waals surface area contributed by atoms with Gasteiger partial charge in [-0.3, -0.25) is 14.8 Å². The SMILES string of the molecule is Cc1nccc(C(=O)N(C)c2cccnc2)c1C. The molecule has 2 rings (SSSR count). The Hall–Kier alpha value is -2.23. The minimum absolute atomic E-state index is 0.0500.